The normalized spacial score (nSPS) is 11.2. The molecule has 0 aliphatic rings. The third-order valence-corrected chi connectivity index (χ3v) is 5.04. The maximum absolute atomic E-state index is 12.6. The number of hydrogen-bond acceptors (Lipinski definition) is 5. The average Bonchev–Trinajstić information content (AvgIpc) is 2.75. The van der Waals surface area contributed by atoms with Crippen LogP contribution in [0.15, 0.2) is 58.3 Å². The predicted molar refractivity (Wildman–Crippen MR) is 118 cm³/mol. The summed E-state index contributed by atoms with van der Waals surface area (Å²) in [6.07, 6.45) is 1.63. The van der Waals surface area contributed by atoms with Crippen LogP contribution < -0.4 is 11.0 Å². The Balaban J connectivity index is 2.10. The second-order valence-electron chi connectivity index (χ2n) is 7.22. The predicted octanol–water partition coefficient (Wildman–Crippen LogP) is 3.75. The van der Waals surface area contributed by atoms with E-state index in [1.54, 1.807) is 6.20 Å². The van der Waals surface area contributed by atoms with E-state index in [9.17, 15) is 19.5 Å². The molecule has 0 amide bonds. The minimum atomic E-state index is -1.28. The lowest BCUT2D eigenvalue weighted by atomic mass is 10.0. The van der Waals surface area contributed by atoms with Crippen molar-refractivity contribution in [3.8, 4) is 22.5 Å². The molecular formula is C22H17ClN4O4. The van der Waals surface area contributed by atoms with Gasteiger partial charge < -0.3 is 14.7 Å². The highest BCUT2D eigenvalue weighted by Gasteiger charge is 2.19. The smallest absolute Gasteiger partial charge is 0.352 e. The van der Waals surface area contributed by atoms with E-state index in [1.807, 2.05) is 44.2 Å². The molecular weight excluding hydrogens is 420 g/mol. The number of pyridine rings is 2. The summed E-state index contributed by atoms with van der Waals surface area (Å²) >= 11 is 6.20. The third-order valence-electron chi connectivity index (χ3n) is 4.76. The topological polar surface area (TPSA) is 118 Å². The lowest BCUT2D eigenvalue weighted by Gasteiger charge is -2.15. The van der Waals surface area contributed by atoms with Crippen molar-refractivity contribution in [3.05, 3.63) is 80.0 Å². The third kappa shape index (κ3) is 3.73. The van der Waals surface area contributed by atoms with Crippen LogP contribution in [0.2, 0.25) is 5.02 Å². The van der Waals surface area contributed by atoms with Gasteiger partial charge in [-0.1, -0.05) is 41.9 Å². The minimum Gasteiger partial charge on any atom is -0.477 e. The zero-order chi connectivity index (χ0) is 22.3. The van der Waals surface area contributed by atoms with Gasteiger partial charge in [-0.15, -0.1) is 0 Å². The SMILES string of the molecule is CC(C)n1cc(-c2nc3c(=O)cc(C(=O)O)[nH]c3nc2-c2ccccc2)cc(Cl)c1=O. The number of aromatic carboxylic acids is 1. The van der Waals surface area contributed by atoms with Crippen molar-refractivity contribution in [2.24, 2.45) is 0 Å². The Kier molecular flexibility index (Phi) is 5.16. The molecule has 4 aromatic rings. The van der Waals surface area contributed by atoms with Crippen LogP contribution in [0.25, 0.3) is 33.7 Å². The second-order valence-corrected chi connectivity index (χ2v) is 7.63. The maximum Gasteiger partial charge on any atom is 0.352 e. The lowest BCUT2D eigenvalue weighted by Crippen LogP contribution is -2.22. The molecule has 2 N–H and O–H groups in total. The first kappa shape index (κ1) is 20.5. The number of rotatable bonds is 4. The van der Waals surface area contributed by atoms with Crippen LogP contribution in [-0.2, 0) is 0 Å². The van der Waals surface area contributed by atoms with Crippen molar-refractivity contribution in [3.63, 3.8) is 0 Å². The highest BCUT2D eigenvalue weighted by atomic mass is 35.5. The van der Waals surface area contributed by atoms with Crippen LogP contribution in [0.1, 0.15) is 30.4 Å². The molecule has 3 aromatic heterocycles. The van der Waals surface area contributed by atoms with Crippen LogP contribution in [0.3, 0.4) is 0 Å². The van der Waals surface area contributed by atoms with Gasteiger partial charge in [0.15, 0.2) is 11.2 Å². The summed E-state index contributed by atoms with van der Waals surface area (Å²) in [5.41, 5.74) is 0.811. The first-order chi connectivity index (χ1) is 14.8. The van der Waals surface area contributed by atoms with Gasteiger partial charge in [-0.2, -0.15) is 0 Å². The number of carbonyl (C=O) groups is 1. The number of nitrogens with zero attached hydrogens (tertiary/aromatic N) is 3. The van der Waals surface area contributed by atoms with Gasteiger partial charge in [0.25, 0.3) is 5.56 Å². The van der Waals surface area contributed by atoms with Gasteiger partial charge in [-0.25, -0.2) is 14.8 Å². The largest absolute Gasteiger partial charge is 0.477 e. The number of carboxylic acid groups (broad SMARTS) is 1. The van der Waals surface area contributed by atoms with Crippen molar-refractivity contribution < 1.29 is 9.90 Å². The quantitative estimate of drug-likeness (QED) is 0.503. The summed E-state index contributed by atoms with van der Waals surface area (Å²) < 4.78 is 1.48. The van der Waals surface area contributed by atoms with E-state index in [0.717, 1.165) is 6.07 Å². The number of hydrogen-bond donors (Lipinski definition) is 2. The minimum absolute atomic E-state index is 0.0156. The molecule has 0 radical (unpaired) electrons. The molecule has 0 saturated carbocycles. The van der Waals surface area contributed by atoms with Crippen LogP contribution in [-0.4, -0.2) is 30.6 Å². The summed E-state index contributed by atoms with van der Waals surface area (Å²) in [7, 11) is 0. The van der Waals surface area contributed by atoms with Gasteiger partial charge in [-0.3, -0.25) is 9.59 Å². The monoisotopic (exact) mass is 436 g/mol. The van der Waals surface area contributed by atoms with Crippen molar-refractivity contribution in [1.82, 2.24) is 19.5 Å². The van der Waals surface area contributed by atoms with E-state index in [0.29, 0.717) is 22.5 Å². The molecule has 4 rings (SSSR count). The molecule has 3 heterocycles. The van der Waals surface area contributed by atoms with Gasteiger partial charge >= 0.3 is 5.97 Å². The molecule has 0 aliphatic carbocycles. The first-order valence-corrected chi connectivity index (χ1v) is 9.80. The Morgan fingerprint density at radius 1 is 1.06 bits per heavy atom. The number of aromatic nitrogens is 4. The summed E-state index contributed by atoms with van der Waals surface area (Å²) in [6, 6.07) is 11.4. The zero-order valence-corrected chi connectivity index (χ0v) is 17.3. The van der Waals surface area contributed by atoms with Crippen LogP contribution in [0.4, 0.5) is 0 Å². The van der Waals surface area contributed by atoms with Crippen molar-refractivity contribution in [1.29, 1.82) is 0 Å². The van der Waals surface area contributed by atoms with Crippen LogP contribution in [0, 0.1) is 0 Å². The van der Waals surface area contributed by atoms with Gasteiger partial charge in [0.1, 0.15) is 10.7 Å². The fourth-order valence-corrected chi connectivity index (χ4v) is 3.47. The number of nitrogens with one attached hydrogen (secondary N) is 1. The number of fused-ring (bicyclic) bond motifs is 1. The van der Waals surface area contributed by atoms with Gasteiger partial charge in [-0.05, 0) is 19.9 Å². The van der Waals surface area contributed by atoms with E-state index >= 15 is 0 Å². The summed E-state index contributed by atoms with van der Waals surface area (Å²) in [6.45, 7) is 3.70. The Labute approximate surface area is 180 Å². The molecule has 0 atom stereocenters. The summed E-state index contributed by atoms with van der Waals surface area (Å²) in [5.74, 6) is -1.28. The number of carboxylic acids is 1. The number of halogens is 1. The van der Waals surface area contributed by atoms with E-state index in [2.05, 4.69) is 15.0 Å². The number of aromatic amines is 1. The van der Waals surface area contributed by atoms with E-state index in [4.69, 9.17) is 11.6 Å². The van der Waals surface area contributed by atoms with E-state index < -0.39 is 11.4 Å². The first-order valence-electron chi connectivity index (χ1n) is 9.42. The highest BCUT2D eigenvalue weighted by molar-refractivity contribution is 6.30. The Bertz CT molecular complexity index is 1440. The molecule has 8 nitrogen and oxygen atoms in total. The highest BCUT2D eigenvalue weighted by Crippen LogP contribution is 2.31. The molecule has 0 unspecified atom stereocenters. The van der Waals surface area contributed by atoms with Crippen LogP contribution >= 0.6 is 11.6 Å². The van der Waals surface area contributed by atoms with E-state index in [1.165, 1.54) is 10.6 Å². The van der Waals surface area contributed by atoms with Gasteiger partial charge in [0.05, 0.1) is 11.4 Å². The fraction of sp³-hybridized carbons (Fsp3) is 0.136. The summed E-state index contributed by atoms with van der Waals surface area (Å²) in [5, 5.41) is 9.28. The van der Waals surface area contributed by atoms with Crippen molar-refractivity contribution >= 4 is 28.7 Å². The van der Waals surface area contributed by atoms with E-state index in [-0.39, 0.29) is 33.5 Å². The maximum atomic E-state index is 12.6. The molecule has 31 heavy (non-hydrogen) atoms. The lowest BCUT2D eigenvalue weighted by molar-refractivity contribution is 0.0690. The standard InChI is InChI=1S/C22H17ClN4O4/c1-11(2)27-10-13(8-14(23)21(27)29)18-17(12-6-4-3-5-7-12)26-20-19(25-18)16(28)9-15(24-20)22(30)31/h3-11H,1-2H3,(H,30,31)(H,24,26,28). The Hall–Kier alpha value is -3.78. The Morgan fingerprint density at radius 3 is 2.39 bits per heavy atom. The molecule has 0 saturated heterocycles. The van der Waals surface area contributed by atoms with Gasteiger partial charge in [0, 0.05) is 29.4 Å². The Morgan fingerprint density at radius 2 is 1.74 bits per heavy atom. The molecule has 156 valence electrons. The van der Waals surface area contributed by atoms with Gasteiger partial charge in [0.2, 0.25) is 5.43 Å². The van der Waals surface area contributed by atoms with Crippen LogP contribution in [0.5, 0.6) is 0 Å². The second kappa shape index (κ2) is 7.81. The molecule has 1 aromatic carbocycles. The zero-order valence-electron chi connectivity index (χ0n) is 16.6. The average molecular weight is 437 g/mol. The molecule has 9 heteroatoms. The summed E-state index contributed by atoms with van der Waals surface area (Å²) in [4.78, 5) is 48.0. The number of benzene rings is 1. The molecule has 0 bridgehead atoms. The fourth-order valence-electron chi connectivity index (χ4n) is 3.25. The molecule has 0 fully saturated rings. The molecule has 0 aliphatic heterocycles. The van der Waals surface area contributed by atoms with Crippen molar-refractivity contribution in [2.45, 2.75) is 19.9 Å². The van der Waals surface area contributed by atoms with Crippen molar-refractivity contribution in [2.75, 3.05) is 0 Å². The number of H-pyrrole nitrogens is 1. The molecule has 0 spiro atoms.